The van der Waals surface area contributed by atoms with Gasteiger partial charge in [-0.15, -0.1) is 0 Å². The molecule has 0 heterocycles. The predicted octanol–water partition coefficient (Wildman–Crippen LogP) is 4.55. The summed E-state index contributed by atoms with van der Waals surface area (Å²) in [5.41, 5.74) is 0.927. The molecule has 2 rings (SSSR count). The quantitative estimate of drug-likeness (QED) is 0.532. The Hall–Kier alpha value is -2.54. The van der Waals surface area contributed by atoms with Crippen molar-refractivity contribution in [3.8, 4) is 0 Å². The smallest absolute Gasteiger partial charge is 0.331 e. The Kier molecular flexibility index (Phi) is 7.24. The highest BCUT2D eigenvalue weighted by Gasteiger charge is 2.19. The van der Waals surface area contributed by atoms with Gasteiger partial charge in [-0.1, -0.05) is 28.1 Å². The maximum atomic E-state index is 13.6. The molecule has 0 radical (unpaired) electrons. The van der Waals surface area contributed by atoms with Gasteiger partial charge in [-0.3, -0.25) is 4.79 Å². The van der Waals surface area contributed by atoms with Gasteiger partial charge in [-0.2, -0.15) is 0 Å². The molecule has 2 unspecified atom stereocenters. The minimum Gasteiger partial charge on any atom is -0.449 e. The normalized spacial score (nSPS) is 13.2. The van der Waals surface area contributed by atoms with E-state index in [1.807, 2.05) is 0 Å². The number of rotatable bonds is 6. The van der Waals surface area contributed by atoms with Crippen molar-refractivity contribution in [3.05, 3.63) is 75.8 Å². The highest BCUT2D eigenvalue weighted by atomic mass is 79.9. The fourth-order valence-electron chi connectivity index (χ4n) is 2.23. The maximum Gasteiger partial charge on any atom is 0.331 e. The summed E-state index contributed by atoms with van der Waals surface area (Å²) in [5, 5.41) is 2.68. The molecule has 0 aliphatic rings. The van der Waals surface area contributed by atoms with Gasteiger partial charge in [-0.25, -0.2) is 13.6 Å². The summed E-state index contributed by atoms with van der Waals surface area (Å²) in [4.78, 5) is 24.0. The molecule has 0 fully saturated rings. The van der Waals surface area contributed by atoms with E-state index in [1.165, 1.54) is 37.3 Å². The van der Waals surface area contributed by atoms with Gasteiger partial charge in [0.2, 0.25) is 0 Å². The van der Waals surface area contributed by atoms with E-state index in [2.05, 4.69) is 21.2 Å². The molecule has 1 amide bonds. The molecule has 142 valence electrons. The van der Waals surface area contributed by atoms with Gasteiger partial charge in [0.05, 0.1) is 6.04 Å². The van der Waals surface area contributed by atoms with Crippen molar-refractivity contribution in [1.29, 1.82) is 0 Å². The van der Waals surface area contributed by atoms with Crippen LogP contribution in [0.3, 0.4) is 0 Å². The second-order valence-corrected chi connectivity index (χ2v) is 6.78. The molecule has 7 heteroatoms. The number of carbonyl (C=O) groups is 2. The topological polar surface area (TPSA) is 55.4 Å². The van der Waals surface area contributed by atoms with Crippen LogP contribution < -0.4 is 5.32 Å². The number of hydrogen-bond acceptors (Lipinski definition) is 3. The van der Waals surface area contributed by atoms with Gasteiger partial charge >= 0.3 is 5.97 Å². The molecule has 2 aromatic rings. The molecule has 2 atom stereocenters. The zero-order chi connectivity index (χ0) is 20.0. The van der Waals surface area contributed by atoms with Gasteiger partial charge in [0.25, 0.3) is 5.91 Å². The zero-order valence-corrected chi connectivity index (χ0v) is 16.3. The van der Waals surface area contributed by atoms with Crippen LogP contribution in [0.25, 0.3) is 6.08 Å². The number of esters is 1. The summed E-state index contributed by atoms with van der Waals surface area (Å²) in [6.45, 7) is 3.16. The van der Waals surface area contributed by atoms with E-state index in [1.54, 1.807) is 25.1 Å². The molecule has 0 saturated carbocycles. The molecule has 27 heavy (non-hydrogen) atoms. The Bertz CT molecular complexity index is 853. The fourth-order valence-corrected chi connectivity index (χ4v) is 2.61. The van der Waals surface area contributed by atoms with Crippen LogP contribution in [0.2, 0.25) is 0 Å². The second-order valence-electron chi connectivity index (χ2n) is 5.86. The predicted molar refractivity (Wildman–Crippen MR) is 102 cm³/mol. The van der Waals surface area contributed by atoms with Crippen molar-refractivity contribution < 1.29 is 23.1 Å². The molecule has 0 bridgehead atoms. The summed E-state index contributed by atoms with van der Waals surface area (Å²) in [6, 6.07) is 9.66. The summed E-state index contributed by atoms with van der Waals surface area (Å²) in [6.07, 6.45) is 1.28. The third-order valence-corrected chi connectivity index (χ3v) is 4.24. The Labute approximate surface area is 164 Å². The van der Waals surface area contributed by atoms with Gasteiger partial charge in [0.1, 0.15) is 11.6 Å². The number of nitrogens with one attached hydrogen (secondary N) is 1. The Morgan fingerprint density at radius 2 is 1.78 bits per heavy atom. The lowest BCUT2D eigenvalue weighted by molar-refractivity contribution is -0.150. The highest BCUT2D eigenvalue weighted by Crippen LogP contribution is 2.17. The van der Waals surface area contributed by atoms with E-state index in [0.29, 0.717) is 10.0 Å². The summed E-state index contributed by atoms with van der Waals surface area (Å²) >= 11 is 3.22. The number of carbonyl (C=O) groups excluding carboxylic acids is 2. The van der Waals surface area contributed by atoms with Crippen LogP contribution in [0.5, 0.6) is 0 Å². The molecule has 0 spiro atoms. The second kappa shape index (κ2) is 9.41. The van der Waals surface area contributed by atoms with Crippen LogP contribution >= 0.6 is 15.9 Å². The maximum absolute atomic E-state index is 13.6. The van der Waals surface area contributed by atoms with E-state index >= 15 is 0 Å². The number of hydrogen-bond donors (Lipinski definition) is 1. The Balaban J connectivity index is 1.91. The molecule has 0 saturated heterocycles. The van der Waals surface area contributed by atoms with Gasteiger partial charge < -0.3 is 10.1 Å². The molecule has 0 aliphatic carbocycles. The van der Waals surface area contributed by atoms with Crippen molar-refractivity contribution in [2.45, 2.75) is 26.0 Å². The number of benzene rings is 2. The first-order valence-corrected chi connectivity index (χ1v) is 8.95. The standard InChI is InChI=1S/C20H18BrF2NO3/c1-12(14-3-7-17(22)8-4-14)24-20(26)13(2)27-19(25)10-5-15-11-16(21)6-9-18(15)23/h3-13H,1-2H3,(H,24,26)/b10-5+. The Morgan fingerprint density at radius 1 is 1.11 bits per heavy atom. The average molecular weight is 438 g/mol. The minimum atomic E-state index is -1.04. The molecule has 4 nitrogen and oxygen atoms in total. The molecule has 0 aromatic heterocycles. The lowest BCUT2D eigenvalue weighted by Gasteiger charge is -2.17. The SMILES string of the molecule is CC(OC(=O)/C=C/c1cc(Br)ccc1F)C(=O)NC(C)c1ccc(F)cc1. The first-order chi connectivity index (χ1) is 12.8. The van der Waals surface area contributed by atoms with E-state index in [0.717, 1.165) is 6.08 Å². The fraction of sp³-hybridized carbons (Fsp3) is 0.200. The van der Waals surface area contributed by atoms with E-state index in [-0.39, 0.29) is 17.4 Å². The van der Waals surface area contributed by atoms with Crippen molar-refractivity contribution in [1.82, 2.24) is 5.32 Å². The van der Waals surface area contributed by atoms with Crippen LogP contribution in [0, 0.1) is 11.6 Å². The van der Waals surface area contributed by atoms with Crippen molar-refractivity contribution in [3.63, 3.8) is 0 Å². The van der Waals surface area contributed by atoms with Crippen LogP contribution in [-0.4, -0.2) is 18.0 Å². The van der Waals surface area contributed by atoms with E-state index in [9.17, 15) is 18.4 Å². The minimum absolute atomic E-state index is 0.211. The van der Waals surface area contributed by atoms with Crippen LogP contribution in [-0.2, 0) is 14.3 Å². The van der Waals surface area contributed by atoms with Crippen LogP contribution in [0.1, 0.15) is 31.0 Å². The number of halogens is 3. The third-order valence-electron chi connectivity index (χ3n) is 3.75. The summed E-state index contributed by atoms with van der Waals surface area (Å²) < 4.78 is 32.3. The molecule has 0 aliphatic heterocycles. The van der Waals surface area contributed by atoms with Crippen molar-refractivity contribution in [2.24, 2.45) is 0 Å². The van der Waals surface area contributed by atoms with Gasteiger partial charge in [0, 0.05) is 16.1 Å². The lowest BCUT2D eigenvalue weighted by Crippen LogP contribution is -2.37. The van der Waals surface area contributed by atoms with Crippen LogP contribution in [0.15, 0.2) is 53.0 Å². The average Bonchev–Trinajstić information content (AvgIpc) is 2.62. The molecular weight excluding hydrogens is 420 g/mol. The zero-order valence-electron chi connectivity index (χ0n) is 14.7. The molecule has 1 N–H and O–H groups in total. The number of ether oxygens (including phenoxy) is 1. The highest BCUT2D eigenvalue weighted by molar-refractivity contribution is 9.10. The molecular formula is C20H18BrF2NO3. The van der Waals surface area contributed by atoms with Crippen molar-refractivity contribution >= 4 is 33.9 Å². The third kappa shape index (κ3) is 6.29. The monoisotopic (exact) mass is 437 g/mol. The number of amides is 1. The summed E-state index contributed by atoms with van der Waals surface area (Å²) in [5.74, 6) is -2.12. The first-order valence-electron chi connectivity index (χ1n) is 8.16. The van der Waals surface area contributed by atoms with Crippen LogP contribution in [0.4, 0.5) is 8.78 Å². The van der Waals surface area contributed by atoms with E-state index < -0.39 is 23.8 Å². The first kappa shape index (κ1) is 20.8. The van der Waals surface area contributed by atoms with E-state index in [4.69, 9.17) is 4.74 Å². The van der Waals surface area contributed by atoms with Gasteiger partial charge in [0.15, 0.2) is 6.10 Å². The van der Waals surface area contributed by atoms with Crippen molar-refractivity contribution in [2.75, 3.05) is 0 Å². The Morgan fingerprint density at radius 3 is 2.44 bits per heavy atom. The van der Waals surface area contributed by atoms with Gasteiger partial charge in [-0.05, 0) is 55.8 Å². The largest absolute Gasteiger partial charge is 0.449 e. The lowest BCUT2D eigenvalue weighted by atomic mass is 10.1. The summed E-state index contributed by atoms with van der Waals surface area (Å²) in [7, 11) is 0. The molecule has 2 aromatic carbocycles.